The van der Waals surface area contributed by atoms with Crippen LogP contribution in [0.25, 0.3) is 0 Å². The van der Waals surface area contributed by atoms with E-state index in [-0.39, 0.29) is 30.7 Å². The van der Waals surface area contributed by atoms with E-state index in [0.29, 0.717) is 30.8 Å². The van der Waals surface area contributed by atoms with Crippen LogP contribution in [0.5, 0.6) is 0 Å². The number of nitrogens with zero attached hydrogens (tertiary/aromatic N) is 4. The highest BCUT2D eigenvalue weighted by atomic mass is 16.5. The fraction of sp³-hybridized carbons (Fsp3) is 0.429. The third-order valence-electron chi connectivity index (χ3n) is 5.46. The van der Waals surface area contributed by atoms with Crippen LogP contribution in [-0.2, 0) is 11.3 Å². The van der Waals surface area contributed by atoms with Gasteiger partial charge in [-0.25, -0.2) is 0 Å². The second-order valence-corrected chi connectivity index (χ2v) is 7.65. The zero-order valence-corrected chi connectivity index (χ0v) is 16.7. The van der Waals surface area contributed by atoms with Gasteiger partial charge < -0.3 is 9.42 Å². The minimum absolute atomic E-state index is 0.0344. The lowest BCUT2D eigenvalue weighted by atomic mass is 10.1. The molecule has 2 aliphatic heterocycles. The van der Waals surface area contributed by atoms with E-state index in [1.807, 2.05) is 26.0 Å². The predicted octanol–water partition coefficient (Wildman–Crippen LogP) is 1.62. The van der Waals surface area contributed by atoms with E-state index in [9.17, 15) is 14.4 Å². The average molecular weight is 396 g/mol. The van der Waals surface area contributed by atoms with Crippen LogP contribution < -0.4 is 0 Å². The van der Waals surface area contributed by atoms with Crippen molar-refractivity contribution in [3.63, 3.8) is 0 Å². The molecular formula is C21H24N4O4. The Labute approximate surface area is 169 Å². The molecular weight excluding hydrogens is 372 g/mol. The van der Waals surface area contributed by atoms with Gasteiger partial charge in [-0.1, -0.05) is 16.8 Å². The van der Waals surface area contributed by atoms with Crippen molar-refractivity contribution in [3.05, 3.63) is 52.4 Å². The third kappa shape index (κ3) is 3.93. The van der Waals surface area contributed by atoms with E-state index in [1.54, 1.807) is 17.0 Å². The number of hydrogen-bond acceptors (Lipinski definition) is 6. The van der Waals surface area contributed by atoms with Gasteiger partial charge in [0.1, 0.15) is 0 Å². The summed E-state index contributed by atoms with van der Waals surface area (Å²) in [6.07, 6.45) is 0.145. The van der Waals surface area contributed by atoms with Crippen LogP contribution >= 0.6 is 0 Å². The zero-order valence-electron chi connectivity index (χ0n) is 16.7. The second-order valence-electron chi connectivity index (χ2n) is 7.65. The van der Waals surface area contributed by atoms with Crippen LogP contribution in [0.3, 0.4) is 0 Å². The van der Waals surface area contributed by atoms with E-state index >= 15 is 0 Å². The summed E-state index contributed by atoms with van der Waals surface area (Å²) in [5.41, 5.74) is 2.64. The maximum Gasteiger partial charge on any atom is 0.261 e. The van der Waals surface area contributed by atoms with Gasteiger partial charge in [0.05, 0.1) is 23.4 Å². The molecule has 0 atom stereocenters. The molecule has 1 fully saturated rings. The van der Waals surface area contributed by atoms with E-state index in [1.165, 1.54) is 4.90 Å². The number of amides is 3. The monoisotopic (exact) mass is 396 g/mol. The van der Waals surface area contributed by atoms with Crippen molar-refractivity contribution in [2.45, 2.75) is 26.8 Å². The van der Waals surface area contributed by atoms with Crippen LogP contribution in [0.2, 0.25) is 0 Å². The molecule has 29 heavy (non-hydrogen) atoms. The number of imide groups is 1. The Kier molecular flexibility index (Phi) is 5.19. The Bertz CT molecular complexity index is 959. The molecule has 3 amide bonds. The quantitative estimate of drug-likeness (QED) is 0.714. The molecule has 0 spiro atoms. The minimum atomic E-state index is -0.315. The number of carbonyl (C=O) groups excluding carboxylic acids is 3. The molecule has 8 heteroatoms. The van der Waals surface area contributed by atoms with Gasteiger partial charge in [0.25, 0.3) is 11.8 Å². The molecule has 8 nitrogen and oxygen atoms in total. The van der Waals surface area contributed by atoms with Crippen molar-refractivity contribution < 1.29 is 18.9 Å². The van der Waals surface area contributed by atoms with Crippen molar-refractivity contribution in [3.8, 4) is 0 Å². The van der Waals surface area contributed by atoms with Gasteiger partial charge in [0, 0.05) is 45.2 Å². The number of hydrogen-bond donors (Lipinski definition) is 0. The van der Waals surface area contributed by atoms with Crippen molar-refractivity contribution in [1.29, 1.82) is 0 Å². The van der Waals surface area contributed by atoms with E-state index in [2.05, 4.69) is 10.1 Å². The summed E-state index contributed by atoms with van der Waals surface area (Å²) in [6.45, 7) is 7.29. The lowest BCUT2D eigenvalue weighted by Crippen LogP contribution is -2.49. The average Bonchev–Trinajstić information content (AvgIpc) is 3.21. The number of fused-ring (bicyclic) bond motifs is 1. The first-order valence-corrected chi connectivity index (χ1v) is 9.81. The Morgan fingerprint density at radius 2 is 1.76 bits per heavy atom. The number of rotatable bonds is 5. The van der Waals surface area contributed by atoms with Crippen molar-refractivity contribution in [1.82, 2.24) is 19.9 Å². The van der Waals surface area contributed by atoms with Crippen LogP contribution in [0.1, 0.15) is 44.2 Å². The van der Waals surface area contributed by atoms with Gasteiger partial charge >= 0.3 is 0 Å². The van der Waals surface area contributed by atoms with Crippen molar-refractivity contribution >= 4 is 17.7 Å². The standard InChI is InChI=1S/C21H24N4O4/c1-14-3-4-17-18(11-14)21(28)25(20(17)27)6-5-19(26)24-9-7-23(8-10-24)13-16-12-15(2)22-29-16/h3-4,11-12H,5-10,13H2,1-2H3. The summed E-state index contributed by atoms with van der Waals surface area (Å²) in [7, 11) is 0. The lowest BCUT2D eigenvalue weighted by Gasteiger charge is -2.34. The summed E-state index contributed by atoms with van der Waals surface area (Å²) >= 11 is 0. The topological polar surface area (TPSA) is 87.0 Å². The maximum atomic E-state index is 12.6. The third-order valence-corrected chi connectivity index (χ3v) is 5.46. The summed E-state index contributed by atoms with van der Waals surface area (Å²) in [6, 6.07) is 7.15. The molecule has 0 unspecified atom stereocenters. The van der Waals surface area contributed by atoms with Crippen molar-refractivity contribution in [2.75, 3.05) is 32.7 Å². The number of aryl methyl sites for hydroxylation is 2. The Morgan fingerprint density at radius 1 is 1.03 bits per heavy atom. The summed E-state index contributed by atoms with van der Waals surface area (Å²) < 4.78 is 5.25. The molecule has 2 aromatic rings. The molecule has 1 aromatic carbocycles. The smallest absolute Gasteiger partial charge is 0.261 e. The van der Waals surface area contributed by atoms with Gasteiger partial charge in [-0.05, 0) is 26.0 Å². The Morgan fingerprint density at radius 3 is 2.45 bits per heavy atom. The van der Waals surface area contributed by atoms with E-state index in [0.717, 1.165) is 30.1 Å². The molecule has 0 radical (unpaired) electrons. The fourth-order valence-corrected chi connectivity index (χ4v) is 3.84. The largest absolute Gasteiger partial charge is 0.360 e. The fourth-order valence-electron chi connectivity index (χ4n) is 3.84. The van der Waals surface area contributed by atoms with E-state index < -0.39 is 0 Å². The molecule has 2 aliphatic rings. The molecule has 0 saturated carbocycles. The second kappa shape index (κ2) is 7.79. The number of piperazine rings is 1. The molecule has 4 rings (SSSR count). The zero-order chi connectivity index (χ0) is 20.5. The molecule has 152 valence electrons. The van der Waals surface area contributed by atoms with Gasteiger partial charge in [-0.15, -0.1) is 0 Å². The maximum absolute atomic E-state index is 12.6. The molecule has 3 heterocycles. The summed E-state index contributed by atoms with van der Waals surface area (Å²) in [4.78, 5) is 42.8. The van der Waals surface area contributed by atoms with Crippen LogP contribution in [0.15, 0.2) is 28.8 Å². The van der Waals surface area contributed by atoms with Crippen LogP contribution in [0.4, 0.5) is 0 Å². The molecule has 1 aromatic heterocycles. The van der Waals surface area contributed by atoms with E-state index in [4.69, 9.17) is 4.52 Å². The van der Waals surface area contributed by atoms with Gasteiger partial charge in [0.15, 0.2) is 5.76 Å². The highest BCUT2D eigenvalue weighted by Crippen LogP contribution is 2.24. The SMILES string of the molecule is Cc1ccc2c(c1)C(=O)N(CCC(=O)N1CCN(Cc3cc(C)no3)CC1)C2=O. The number of aromatic nitrogens is 1. The van der Waals surface area contributed by atoms with Gasteiger partial charge in [0.2, 0.25) is 5.91 Å². The normalized spacial score (nSPS) is 17.2. The first-order valence-electron chi connectivity index (χ1n) is 9.81. The molecule has 0 bridgehead atoms. The number of benzene rings is 1. The first kappa shape index (κ1) is 19.3. The van der Waals surface area contributed by atoms with Gasteiger partial charge in [-0.2, -0.15) is 0 Å². The Hall–Kier alpha value is -3.00. The Balaban J connectivity index is 1.27. The molecule has 0 aliphatic carbocycles. The minimum Gasteiger partial charge on any atom is -0.360 e. The predicted molar refractivity (Wildman–Crippen MR) is 104 cm³/mol. The molecule has 0 N–H and O–H groups in total. The highest BCUT2D eigenvalue weighted by Gasteiger charge is 2.35. The number of carbonyl (C=O) groups is 3. The summed E-state index contributed by atoms with van der Waals surface area (Å²) in [5.74, 6) is 0.162. The highest BCUT2D eigenvalue weighted by molar-refractivity contribution is 6.21. The van der Waals surface area contributed by atoms with Crippen LogP contribution in [0, 0.1) is 13.8 Å². The van der Waals surface area contributed by atoms with Gasteiger partial charge in [-0.3, -0.25) is 24.2 Å². The molecule has 1 saturated heterocycles. The van der Waals surface area contributed by atoms with Crippen LogP contribution in [-0.4, -0.2) is 70.3 Å². The first-order chi connectivity index (χ1) is 13.9. The summed E-state index contributed by atoms with van der Waals surface area (Å²) in [5, 5.41) is 3.89. The lowest BCUT2D eigenvalue weighted by molar-refractivity contribution is -0.133. The van der Waals surface area contributed by atoms with Crippen molar-refractivity contribution in [2.24, 2.45) is 0 Å².